The van der Waals surface area contributed by atoms with Crippen molar-refractivity contribution in [1.29, 1.82) is 0 Å². The van der Waals surface area contributed by atoms with Gasteiger partial charge in [-0.3, -0.25) is 0 Å². The fourth-order valence-corrected chi connectivity index (χ4v) is 0.245. The van der Waals surface area contributed by atoms with Crippen LogP contribution in [0.15, 0.2) is 10.2 Å². The Balaban J connectivity index is 3.71. The van der Waals surface area contributed by atoms with Crippen molar-refractivity contribution >= 4 is 12.6 Å². The smallest absolute Gasteiger partial charge is 0.108 e. The standard InChI is InChI=1S/C6H13N3/c1-6(2,3)4-8-9-5-7/h4-5H,1-3H3,(H2,7,9). The molecule has 0 heterocycles. The number of nitrogens with two attached hydrogens (primary N) is 1. The van der Waals surface area contributed by atoms with Crippen molar-refractivity contribution in [1.82, 2.24) is 0 Å². The second-order valence-corrected chi connectivity index (χ2v) is 2.88. The first-order chi connectivity index (χ1) is 4.06. The molecule has 0 rings (SSSR count). The molecule has 0 aliphatic heterocycles. The van der Waals surface area contributed by atoms with Gasteiger partial charge in [-0.05, 0) is 5.41 Å². The van der Waals surface area contributed by atoms with Crippen LogP contribution in [0.3, 0.4) is 0 Å². The molecule has 0 saturated carbocycles. The molecule has 0 aromatic rings. The summed E-state index contributed by atoms with van der Waals surface area (Å²) in [4.78, 5) is 0. The minimum Gasteiger partial charge on any atom is -0.388 e. The molecule has 0 bridgehead atoms. The monoisotopic (exact) mass is 127 g/mol. The van der Waals surface area contributed by atoms with Gasteiger partial charge in [0.1, 0.15) is 6.34 Å². The van der Waals surface area contributed by atoms with E-state index in [-0.39, 0.29) is 5.41 Å². The summed E-state index contributed by atoms with van der Waals surface area (Å²) in [5.74, 6) is 0. The minimum atomic E-state index is 0.0898. The normalized spacial score (nSPS) is 13.7. The number of hydrogen-bond acceptors (Lipinski definition) is 2. The molecule has 2 N–H and O–H groups in total. The predicted molar refractivity (Wildman–Crippen MR) is 40.6 cm³/mol. The summed E-state index contributed by atoms with van der Waals surface area (Å²) >= 11 is 0. The van der Waals surface area contributed by atoms with Gasteiger partial charge >= 0.3 is 0 Å². The molecule has 9 heavy (non-hydrogen) atoms. The first kappa shape index (κ1) is 8.14. The third kappa shape index (κ3) is 7.14. The van der Waals surface area contributed by atoms with Crippen LogP contribution < -0.4 is 5.73 Å². The molecule has 0 aromatic heterocycles. The van der Waals surface area contributed by atoms with Gasteiger partial charge in [0, 0.05) is 6.21 Å². The van der Waals surface area contributed by atoms with E-state index in [1.165, 1.54) is 6.34 Å². The first-order valence-corrected chi connectivity index (χ1v) is 2.84. The molecule has 3 nitrogen and oxygen atoms in total. The van der Waals surface area contributed by atoms with E-state index < -0.39 is 0 Å². The molecule has 0 atom stereocenters. The van der Waals surface area contributed by atoms with E-state index in [9.17, 15) is 0 Å². The van der Waals surface area contributed by atoms with Crippen molar-refractivity contribution in [3.8, 4) is 0 Å². The van der Waals surface area contributed by atoms with Crippen molar-refractivity contribution in [3.63, 3.8) is 0 Å². The van der Waals surface area contributed by atoms with Crippen LogP contribution in [0.1, 0.15) is 20.8 Å². The average Bonchev–Trinajstić information content (AvgIpc) is 1.63. The van der Waals surface area contributed by atoms with E-state index in [1.54, 1.807) is 6.21 Å². The zero-order chi connectivity index (χ0) is 7.33. The van der Waals surface area contributed by atoms with Gasteiger partial charge in [-0.1, -0.05) is 20.8 Å². The predicted octanol–water partition coefficient (Wildman–Crippen LogP) is 1.01. The Labute approximate surface area is 55.7 Å². The summed E-state index contributed by atoms with van der Waals surface area (Å²) in [5, 5.41) is 7.16. The Morgan fingerprint density at radius 3 is 2.11 bits per heavy atom. The van der Waals surface area contributed by atoms with Crippen LogP contribution in [0, 0.1) is 5.41 Å². The van der Waals surface area contributed by atoms with Crippen LogP contribution in [0.5, 0.6) is 0 Å². The molecule has 0 spiro atoms. The number of rotatable bonds is 1. The SMILES string of the molecule is CC(C)(C)C=NN=CN. The van der Waals surface area contributed by atoms with Crippen molar-refractivity contribution in [2.75, 3.05) is 0 Å². The van der Waals surface area contributed by atoms with Crippen LogP contribution >= 0.6 is 0 Å². The minimum absolute atomic E-state index is 0.0898. The Morgan fingerprint density at radius 1 is 1.22 bits per heavy atom. The highest BCUT2D eigenvalue weighted by Gasteiger charge is 2.03. The Bertz CT molecular complexity index is 119. The molecule has 0 aliphatic carbocycles. The zero-order valence-electron chi connectivity index (χ0n) is 6.13. The fraction of sp³-hybridized carbons (Fsp3) is 0.667. The molecule has 52 valence electrons. The van der Waals surface area contributed by atoms with Crippen molar-refractivity contribution in [3.05, 3.63) is 0 Å². The van der Waals surface area contributed by atoms with Gasteiger partial charge in [-0.2, -0.15) is 5.10 Å². The van der Waals surface area contributed by atoms with E-state index in [0.717, 1.165) is 0 Å². The van der Waals surface area contributed by atoms with Crippen molar-refractivity contribution in [2.24, 2.45) is 21.4 Å². The number of hydrogen-bond donors (Lipinski definition) is 1. The second-order valence-electron chi connectivity index (χ2n) is 2.88. The Morgan fingerprint density at radius 2 is 1.78 bits per heavy atom. The van der Waals surface area contributed by atoms with E-state index in [1.807, 2.05) is 20.8 Å². The van der Waals surface area contributed by atoms with Crippen LogP contribution in [0.4, 0.5) is 0 Å². The van der Waals surface area contributed by atoms with Gasteiger partial charge in [0.2, 0.25) is 0 Å². The summed E-state index contributed by atoms with van der Waals surface area (Å²) in [6, 6.07) is 0. The lowest BCUT2D eigenvalue weighted by Crippen LogP contribution is -2.05. The maximum Gasteiger partial charge on any atom is 0.108 e. The Kier molecular flexibility index (Phi) is 2.91. The molecule has 0 saturated heterocycles. The van der Waals surface area contributed by atoms with Gasteiger partial charge in [0.15, 0.2) is 0 Å². The summed E-state index contributed by atoms with van der Waals surface area (Å²) in [6.45, 7) is 6.13. The van der Waals surface area contributed by atoms with Crippen LogP contribution in [0.2, 0.25) is 0 Å². The second kappa shape index (κ2) is 3.22. The van der Waals surface area contributed by atoms with Crippen LogP contribution in [-0.4, -0.2) is 12.6 Å². The van der Waals surface area contributed by atoms with Gasteiger partial charge in [0.05, 0.1) is 0 Å². The highest BCUT2D eigenvalue weighted by atomic mass is 15.2. The van der Waals surface area contributed by atoms with Gasteiger partial charge in [-0.25, -0.2) is 0 Å². The maximum absolute atomic E-state index is 4.95. The highest BCUT2D eigenvalue weighted by molar-refractivity contribution is 5.64. The van der Waals surface area contributed by atoms with Crippen molar-refractivity contribution in [2.45, 2.75) is 20.8 Å². The van der Waals surface area contributed by atoms with Crippen molar-refractivity contribution < 1.29 is 0 Å². The summed E-state index contributed by atoms with van der Waals surface area (Å²) < 4.78 is 0. The zero-order valence-corrected chi connectivity index (χ0v) is 6.13. The fourth-order valence-electron chi connectivity index (χ4n) is 0.245. The van der Waals surface area contributed by atoms with E-state index >= 15 is 0 Å². The Hall–Kier alpha value is -0.860. The summed E-state index contributed by atoms with van der Waals surface area (Å²) in [5.41, 5.74) is 5.04. The number of nitrogens with zero attached hydrogens (tertiary/aromatic N) is 2. The lowest BCUT2D eigenvalue weighted by atomic mass is 9.99. The lowest BCUT2D eigenvalue weighted by Gasteiger charge is -2.07. The van der Waals surface area contributed by atoms with Gasteiger partial charge < -0.3 is 5.73 Å². The highest BCUT2D eigenvalue weighted by Crippen LogP contribution is 2.07. The molecule has 0 amide bonds. The molecule has 0 unspecified atom stereocenters. The molecule has 0 radical (unpaired) electrons. The summed E-state index contributed by atoms with van der Waals surface area (Å²) in [7, 11) is 0. The average molecular weight is 127 g/mol. The van der Waals surface area contributed by atoms with E-state index in [0.29, 0.717) is 0 Å². The third-order valence-electron chi connectivity index (χ3n) is 0.578. The quantitative estimate of drug-likeness (QED) is 0.319. The first-order valence-electron chi connectivity index (χ1n) is 2.84. The third-order valence-corrected chi connectivity index (χ3v) is 0.578. The van der Waals surface area contributed by atoms with Gasteiger partial charge in [-0.15, -0.1) is 5.10 Å². The largest absolute Gasteiger partial charge is 0.388 e. The van der Waals surface area contributed by atoms with E-state index in [4.69, 9.17) is 5.73 Å². The molecule has 3 heteroatoms. The molecule has 0 fully saturated rings. The molecule has 0 aromatic carbocycles. The lowest BCUT2D eigenvalue weighted by molar-refractivity contribution is 0.605. The topological polar surface area (TPSA) is 50.7 Å². The van der Waals surface area contributed by atoms with Crippen LogP contribution in [0.25, 0.3) is 0 Å². The van der Waals surface area contributed by atoms with Crippen LogP contribution in [-0.2, 0) is 0 Å². The van der Waals surface area contributed by atoms with E-state index in [2.05, 4.69) is 10.2 Å². The summed E-state index contributed by atoms with van der Waals surface area (Å²) in [6.07, 6.45) is 2.92. The maximum atomic E-state index is 4.95. The molecular formula is C6H13N3. The molecular weight excluding hydrogens is 114 g/mol. The van der Waals surface area contributed by atoms with Gasteiger partial charge in [0.25, 0.3) is 0 Å². The molecule has 0 aliphatic rings.